The van der Waals surface area contributed by atoms with Gasteiger partial charge in [-0.3, -0.25) is 4.79 Å². The van der Waals surface area contributed by atoms with Crippen LogP contribution in [0.15, 0.2) is 11.6 Å². The van der Waals surface area contributed by atoms with Gasteiger partial charge in [0.2, 0.25) is 0 Å². The Morgan fingerprint density at radius 1 is 1.43 bits per heavy atom. The van der Waals surface area contributed by atoms with Gasteiger partial charge in [0.15, 0.2) is 0 Å². The summed E-state index contributed by atoms with van der Waals surface area (Å²) in [5.74, 6) is 0.0678. The third-order valence-electron chi connectivity index (χ3n) is 2.58. The van der Waals surface area contributed by atoms with E-state index in [0.717, 1.165) is 12.3 Å². The maximum atomic E-state index is 10.3. The van der Waals surface area contributed by atoms with Gasteiger partial charge >= 0.3 is 5.97 Å². The molecule has 0 amide bonds. The Balaban J connectivity index is 3.60. The van der Waals surface area contributed by atoms with E-state index in [1.165, 1.54) is 18.4 Å². The number of aliphatic carboxylic acids is 1. The van der Waals surface area contributed by atoms with E-state index in [4.69, 9.17) is 5.11 Å². The highest BCUT2D eigenvalue weighted by atomic mass is 16.4. The smallest absolute Gasteiger partial charge is 0.303 e. The largest absolute Gasteiger partial charge is 0.481 e. The minimum absolute atomic E-state index is 0.256. The molecule has 2 heteroatoms. The van der Waals surface area contributed by atoms with Crippen LogP contribution in [0.1, 0.15) is 52.9 Å². The summed E-state index contributed by atoms with van der Waals surface area (Å²) in [5, 5.41) is 8.49. The maximum absolute atomic E-state index is 10.3. The van der Waals surface area contributed by atoms with Gasteiger partial charge in [-0.05, 0) is 32.1 Å². The van der Waals surface area contributed by atoms with Gasteiger partial charge in [-0.15, -0.1) is 0 Å². The van der Waals surface area contributed by atoms with Crippen LogP contribution in [0.4, 0.5) is 0 Å². The Morgan fingerprint density at radius 2 is 2.07 bits per heavy atom. The number of hydrogen-bond acceptors (Lipinski definition) is 1. The predicted molar refractivity (Wildman–Crippen MR) is 59.3 cm³/mol. The molecule has 0 aromatic heterocycles. The molecular weight excluding hydrogens is 176 g/mol. The van der Waals surface area contributed by atoms with E-state index >= 15 is 0 Å². The molecule has 0 aromatic rings. The number of carboxylic acids is 1. The van der Waals surface area contributed by atoms with Crippen LogP contribution in [0.5, 0.6) is 0 Å². The molecule has 2 nitrogen and oxygen atoms in total. The lowest BCUT2D eigenvalue weighted by molar-refractivity contribution is -0.136. The first kappa shape index (κ1) is 13.2. The molecule has 0 radical (unpaired) electrons. The van der Waals surface area contributed by atoms with Crippen LogP contribution >= 0.6 is 0 Å². The zero-order valence-electron chi connectivity index (χ0n) is 9.55. The van der Waals surface area contributed by atoms with Crippen LogP contribution in [-0.2, 0) is 4.79 Å². The van der Waals surface area contributed by atoms with Gasteiger partial charge in [0.1, 0.15) is 0 Å². The molecule has 0 aliphatic heterocycles. The summed E-state index contributed by atoms with van der Waals surface area (Å²) in [6, 6.07) is 0. The van der Waals surface area contributed by atoms with E-state index in [2.05, 4.69) is 19.9 Å². The molecule has 0 bridgehead atoms. The Morgan fingerprint density at radius 3 is 2.57 bits per heavy atom. The number of hydrogen-bond donors (Lipinski definition) is 1. The summed E-state index contributed by atoms with van der Waals surface area (Å²) >= 11 is 0. The molecule has 0 fully saturated rings. The first-order valence-corrected chi connectivity index (χ1v) is 5.43. The molecular formula is C12H22O2. The molecule has 14 heavy (non-hydrogen) atoms. The summed E-state index contributed by atoms with van der Waals surface area (Å²) < 4.78 is 0. The van der Waals surface area contributed by atoms with Gasteiger partial charge in [0.05, 0.1) is 0 Å². The molecule has 0 aromatic carbocycles. The van der Waals surface area contributed by atoms with Gasteiger partial charge in [-0.2, -0.15) is 0 Å². The normalized spacial score (nSPS) is 14.1. The minimum Gasteiger partial charge on any atom is -0.481 e. The average Bonchev–Trinajstić information content (AvgIpc) is 2.14. The third kappa shape index (κ3) is 7.84. The molecule has 0 rings (SSSR count). The zero-order chi connectivity index (χ0) is 11.0. The molecule has 0 heterocycles. The first-order chi connectivity index (χ1) is 6.56. The molecule has 0 aliphatic carbocycles. The molecule has 0 aliphatic rings. The molecule has 82 valence electrons. The van der Waals surface area contributed by atoms with E-state index in [1.54, 1.807) is 0 Å². The minimum atomic E-state index is -0.709. The Hall–Kier alpha value is -0.790. The molecule has 1 atom stereocenters. The number of allylic oxidation sites excluding steroid dienone is 2. The molecule has 0 saturated carbocycles. The van der Waals surface area contributed by atoms with Gasteiger partial charge in [-0.25, -0.2) is 0 Å². The summed E-state index contributed by atoms with van der Waals surface area (Å²) in [5.41, 5.74) is 1.20. The van der Waals surface area contributed by atoms with E-state index in [9.17, 15) is 4.79 Å². The summed E-state index contributed by atoms with van der Waals surface area (Å²) in [6.07, 6.45) is 6.64. The summed E-state index contributed by atoms with van der Waals surface area (Å²) in [4.78, 5) is 10.3. The summed E-state index contributed by atoms with van der Waals surface area (Å²) in [6.45, 7) is 6.46. The van der Waals surface area contributed by atoms with E-state index in [1.807, 2.05) is 6.92 Å². The van der Waals surface area contributed by atoms with Gasteiger partial charge in [-0.1, -0.05) is 31.9 Å². The number of carboxylic acid groups (broad SMARTS) is 1. The molecule has 0 spiro atoms. The second-order valence-corrected chi connectivity index (χ2v) is 4.03. The standard InChI is InChI=1S/C12H22O2/c1-4-10(2)6-5-7-11(3)8-9-12(13)14/h7,10H,4-6,8-9H2,1-3H3,(H,13,14)/b11-7-. The topological polar surface area (TPSA) is 37.3 Å². The number of carbonyl (C=O) groups is 1. The van der Waals surface area contributed by atoms with Crippen molar-refractivity contribution in [3.05, 3.63) is 11.6 Å². The van der Waals surface area contributed by atoms with Crippen molar-refractivity contribution in [2.45, 2.75) is 52.9 Å². The van der Waals surface area contributed by atoms with Crippen molar-refractivity contribution in [1.29, 1.82) is 0 Å². The van der Waals surface area contributed by atoms with Gasteiger partial charge in [0.25, 0.3) is 0 Å². The Labute approximate surface area is 87.0 Å². The maximum Gasteiger partial charge on any atom is 0.303 e. The quantitative estimate of drug-likeness (QED) is 0.634. The van der Waals surface area contributed by atoms with E-state index in [-0.39, 0.29) is 6.42 Å². The van der Waals surface area contributed by atoms with Crippen LogP contribution in [0.3, 0.4) is 0 Å². The first-order valence-electron chi connectivity index (χ1n) is 5.43. The van der Waals surface area contributed by atoms with Crippen molar-refractivity contribution in [2.24, 2.45) is 5.92 Å². The van der Waals surface area contributed by atoms with Crippen LogP contribution in [0.25, 0.3) is 0 Å². The highest BCUT2D eigenvalue weighted by Crippen LogP contribution is 2.12. The Kier molecular flexibility index (Phi) is 7.17. The lowest BCUT2D eigenvalue weighted by Gasteiger charge is -2.05. The lowest BCUT2D eigenvalue weighted by Crippen LogP contribution is -1.94. The van der Waals surface area contributed by atoms with Crippen molar-refractivity contribution in [3.63, 3.8) is 0 Å². The van der Waals surface area contributed by atoms with Gasteiger partial charge < -0.3 is 5.11 Å². The van der Waals surface area contributed by atoms with Crippen molar-refractivity contribution in [2.75, 3.05) is 0 Å². The average molecular weight is 198 g/mol. The number of rotatable bonds is 7. The molecule has 1 N–H and O–H groups in total. The van der Waals surface area contributed by atoms with Crippen LogP contribution < -0.4 is 0 Å². The second-order valence-electron chi connectivity index (χ2n) is 4.03. The van der Waals surface area contributed by atoms with Crippen molar-refractivity contribution in [1.82, 2.24) is 0 Å². The third-order valence-corrected chi connectivity index (χ3v) is 2.58. The molecule has 0 saturated heterocycles. The monoisotopic (exact) mass is 198 g/mol. The van der Waals surface area contributed by atoms with Crippen molar-refractivity contribution in [3.8, 4) is 0 Å². The van der Waals surface area contributed by atoms with Crippen molar-refractivity contribution < 1.29 is 9.90 Å². The lowest BCUT2D eigenvalue weighted by atomic mass is 10.0. The van der Waals surface area contributed by atoms with Crippen LogP contribution in [0, 0.1) is 5.92 Å². The SMILES string of the molecule is CCC(C)CC/C=C(/C)CCC(=O)O. The van der Waals surface area contributed by atoms with Crippen LogP contribution in [0.2, 0.25) is 0 Å². The van der Waals surface area contributed by atoms with E-state index < -0.39 is 5.97 Å². The fourth-order valence-electron chi connectivity index (χ4n) is 1.22. The molecule has 1 unspecified atom stereocenters. The van der Waals surface area contributed by atoms with Crippen LogP contribution in [-0.4, -0.2) is 11.1 Å². The highest BCUT2D eigenvalue weighted by Gasteiger charge is 1.99. The highest BCUT2D eigenvalue weighted by molar-refractivity contribution is 5.66. The zero-order valence-corrected chi connectivity index (χ0v) is 9.55. The fourth-order valence-corrected chi connectivity index (χ4v) is 1.22. The Bertz CT molecular complexity index is 194. The van der Waals surface area contributed by atoms with Gasteiger partial charge in [0, 0.05) is 6.42 Å². The van der Waals surface area contributed by atoms with Crippen molar-refractivity contribution >= 4 is 5.97 Å². The van der Waals surface area contributed by atoms with E-state index in [0.29, 0.717) is 6.42 Å². The second kappa shape index (κ2) is 7.60. The summed E-state index contributed by atoms with van der Waals surface area (Å²) in [7, 11) is 0. The predicted octanol–water partition coefficient (Wildman–Crippen LogP) is 3.62. The fraction of sp³-hybridized carbons (Fsp3) is 0.750.